The first-order valence-corrected chi connectivity index (χ1v) is 4.07. The number of carboxylic acid groups (broad SMARTS) is 1. The van der Waals surface area contributed by atoms with Crippen molar-refractivity contribution in [2.45, 2.75) is 0 Å². The largest absolute Gasteiger partial charge is 0.480 e. The van der Waals surface area contributed by atoms with Crippen molar-refractivity contribution in [3.05, 3.63) is 24.3 Å². The van der Waals surface area contributed by atoms with Gasteiger partial charge in [0.05, 0.1) is 0 Å². The van der Waals surface area contributed by atoms with Crippen LogP contribution in [0, 0.1) is 0 Å². The van der Waals surface area contributed by atoms with Crippen LogP contribution in [-0.4, -0.2) is 22.6 Å². The number of hydrogen-bond acceptors (Lipinski definition) is 4. The Hall–Kier alpha value is -2.04. The first-order chi connectivity index (χ1) is 6.75. The molecule has 0 spiro atoms. The van der Waals surface area contributed by atoms with Gasteiger partial charge in [0.1, 0.15) is 12.1 Å². The number of hydrogen-bond donors (Lipinski definition) is 2. The Labute approximate surface area is 79.4 Å². The van der Waals surface area contributed by atoms with Crippen molar-refractivity contribution in [1.29, 1.82) is 0 Å². The fourth-order valence-electron chi connectivity index (χ4n) is 1.10. The molecule has 2 aromatic rings. The van der Waals surface area contributed by atoms with E-state index < -0.39 is 5.97 Å². The third-order valence-electron chi connectivity index (χ3n) is 1.68. The van der Waals surface area contributed by atoms with Gasteiger partial charge in [0.2, 0.25) is 0 Å². The number of carbonyl (C=O) groups is 1. The van der Waals surface area contributed by atoms with Crippen molar-refractivity contribution in [1.82, 2.24) is 4.98 Å². The lowest BCUT2D eigenvalue weighted by Crippen LogP contribution is -2.12. The predicted molar refractivity (Wildman–Crippen MR) is 50.1 cm³/mol. The lowest BCUT2D eigenvalue weighted by Gasteiger charge is -1.93. The third-order valence-corrected chi connectivity index (χ3v) is 1.68. The first kappa shape index (κ1) is 8.55. The van der Waals surface area contributed by atoms with Crippen molar-refractivity contribution >= 4 is 23.1 Å². The summed E-state index contributed by atoms with van der Waals surface area (Å²) in [5.74, 6) is -0.952. The minimum Gasteiger partial charge on any atom is -0.480 e. The van der Waals surface area contributed by atoms with Gasteiger partial charge in [-0.15, -0.1) is 0 Å². The molecule has 2 rings (SSSR count). The molecule has 1 aromatic heterocycles. The van der Waals surface area contributed by atoms with Crippen LogP contribution in [0.5, 0.6) is 0 Å². The van der Waals surface area contributed by atoms with Gasteiger partial charge >= 0.3 is 5.97 Å². The number of para-hydroxylation sites is 2. The van der Waals surface area contributed by atoms with E-state index in [2.05, 4.69) is 10.3 Å². The second-order valence-electron chi connectivity index (χ2n) is 2.73. The molecule has 0 fully saturated rings. The van der Waals surface area contributed by atoms with E-state index in [-0.39, 0.29) is 12.6 Å². The summed E-state index contributed by atoms with van der Waals surface area (Å²) in [6.07, 6.45) is 0. The van der Waals surface area contributed by atoms with Gasteiger partial charge in [0, 0.05) is 0 Å². The van der Waals surface area contributed by atoms with Gasteiger partial charge in [0.15, 0.2) is 5.58 Å². The molecule has 0 amide bonds. The van der Waals surface area contributed by atoms with Crippen molar-refractivity contribution in [3.63, 3.8) is 0 Å². The van der Waals surface area contributed by atoms with E-state index in [0.29, 0.717) is 11.1 Å². The SMILES string of the molecule is O=C(O)CNc1nc2ccccc2o1. The van der Waals surface area contributed by atoms with E-state index in [1.54, 1.807) is 12.1 Å². The highest BCUT2D eigenvalue weighted by molar-refractivity contribution is 5.76. The Balaban J connectivity index is 2.22. The number of oxazole rings is 1. The number of nitrogens with zero attached hydrogens (tertiary/aromatic N) is 1. The maximum atomic E-state index is 10.3. The van der Waals surface area contributed by atoms with Gasteiger partial charge in [-0.1, -0.05) is 12.1 Å². The molecule has 0 unspecified atom stereocenters. The normalized spacial score (nSPS) is 10.3. The maximum Gasteiger partial charge on any atom is 0.323 e. The maximum absolute atomic E-state index is 10.3. The molecule has 0 aliphatic carbocycles. The van der Waals surface area contributed by atoms with Crippen LogP contribution < -0.4 is 5.32 Å². The molecular formula is C9H8N2O3. The van der Waals surface area contributed by atoms with Crippen LogP contribution in [0.3, 0.4) is 0 Å². The molecule has 0 atom stereocenters. The fourth-order valence-corrected chi connectivity index (χ4v) is 1.10. The zero-order chi connectivity index (χ0) is 9.97. The minimum atomic E-state index is -0.952. The molecule has 72 valence electrons. The number of aliphatic carboxylic acids is 1. The van der Waals surface area contributed by atoms with Crippen LogP contribution in [0.4, 0.5) is 6.01 Å². The van der Waals surface area contributed by atoms with E-state index in [9.17, 15) is 4.79 Å². The highest BCUT2D eigenvalue weighted by atomic mass is 16.4. The summed E-state index contributed by atoms with van der Waals surface area (Å²) in [7, 11) is 0. The molecule has 0 radical (unpaired) electrons. The van der Waals surface area contributed by atoms with Gasteiger partial charge in [-0.05, 0) is 12.1 Å². The number of rotatable bonds is 3. The topological polar surface area (TPSA) is 75.4 Å². The molecule has 0 aliphatic heterocycles. The second-order valence-corrected chi connectivity index (χ2v) is 2.73. The van der Waals surface area contributed by atoms with Gasteiger partial charge in [-0.3, -0.25) is 4.79 Å². The average Bonchev–Trinajstić information content (AvgIpc) is 2.57. The highest BCUT2D eigenvalue weighted by Crippen LogP contribution is 2.17. The predicted octanol–water partition coefficient (Wildman–Crippen LogP) is 1.32. The second kappa shape index (κ2) is 3.37. The molecule has 0 bridgehead atoms. The molecule has 5 nitrogen and oxygen atoms in total. The fraction of sp³-hybridized carbons (Fsp3) is 0.111. The number of aromatic nitrogens is 1. The average molecular weight is 192 g/mol. The number of nitrogens with one attached hydrogen (secondary N) is 1. The van der Waals surface area contributed by atoms with Gasteiger partial charge in [-0.25, -0.2) is 0 Å². The van der Waals surface area contributed by atoms with Crippen LogP contribution in [0.1, 0.15) is 0 Å². The Bertz CT molecular complexity index is 431. The quantitative estimate of drug-likeness (QED) is 0.767. The summed E-state index contributed by atoms with van der Waals surface area (Å²) in [6.45, 7) is -0.202. The lowest BCUT2D eigenvalue weighted by molar-refractivity contribution is -0.134. The van der Waals surface area contributed by atoms with Crippen LogP contribution >= 0.6 is 0 Å². The van der Waals surface area contributed by atoms with Crippen LogP contribution in [0.25, 0.3) is 11.1 Å². The molecule has 1 aromatic carbocycles. The zero-order valence-corrected chi connectivity index (χ0v) is 7.23. The van der Waals surface area contributed by atoms with Crippen molar-refractivity contribution < 1.29 is 14.3 Å². The van der Waals surface area contributed by atoms with Crippen molar-refractivity contribution in [2.24, 2.45) is 0 Å². The Kier molecular flexibility index (Phi) is 2.06. The molecular weight excluding hydrogens is 184 g/mol. The third kappa shape index (κ3) is 1.66. The number of carboxylic acids is 1. The molecule has 14 heavy (non-hydrogen) atoms. The summed E-state index contributed by atoms with van der Waals surface area (Å²) in [6, 6.07) is 7.47. The van der Waals surface area contributed by atoms with E-state index in [1.807, 2.05) is 12.1 Å². The van der Waals surface area contributed by atoms with Gasteiger partial charge in [0.25, 0.3) is 6.01 Å². The van der Waals surface area contributed by atoms with E-state index in [0.717, 1.165) is 0 Å². The van der Waals surface area contributed by atoms with E-state index >= 15 is 0 Å². The smallest absolute Gasteiger partial charge is 0.323 e. The Morgan fingerprint density at radius 2 is 2.29 bits per heavy atom. The summed E-state index contributed by atoms with van der Waals surface area (Å²) >= 11 is 0. The molecule has 0 aliphatic rings. The number of anilines is 1. The van der Waals surface area contributed by atoms with Crippen LogP contribution in [0.15, 0.2) is 28.7 Å². The first-order valence-electron chi connectivity index (χ1n) is 4.07. The lowest BCUT2D eigenvalue weighted by atomic mass is 10.3. The standard InChI is InChI=1S/C9H8N2O3/c12-8(13)5-10-9-11-6-3-1-2-4-7(6)14-9/h1-4H,5H2,(H,10,11)(H,12,13). The summed E-state index contributed by atoms with van der Waals surface area (Å²) in [5, 5.41) is 11.0. The van der Waals surface area contributed by atoms with Crippen LogP contribution in [0.2, 0.25) is 0 Å². The minimum absolute atomic E-state index is 0.202. The van der Waals surface area contributed by atoms with Crippen molar-refractivity contribution in [3.8, 4) is 0 Å². The van der Waals surface area contributed by atoms with E-state index in [1.165, 1.54) is 0 Å². The Morgan fingerprint density at radius 1 is 1.50 bits per heavy atom. The highest BCUT2D eigenvalue weighted by Gasteiger charge is 2.04. The monoisotopic (exact) mass is 192 g/mol. The summed E-state index contributed by atoms with van der Waals surface area (Å²) in [4.78, 5) is 14.3. The van der Waals surface area contributed by atoms with Crippen molar-refractivity contribution in [2.75, 3.05) is 11.9 Å². The van der Waals surface area contributed by atoms with Crippen LogP contribution in [-0.2, 0) is 4.79 Å². The zero-order valence-electron chi connectivity index (χ0n) is 7.23. The molecule has 0 saturated carbocycles. The van der Waals surface area contributed by atoms with E-state index in [4.69, 9.17) is 9.52 Å². The summed E-state index contributed by atoms with van der Waals surface area (Å²) < 4.78 is 5.23. The summed E-state index contributed by atoms with van der Waals surface area (Å²) in [5.41, 5.74) is 1.35. The number of fused-ring (bicyclic) bond motifs is 1. The Morgan fingerprint density at radius 3 is 3.00 bits per heavy atom. The molecule has 5 heteroatoms. The van der Waals surface area contributed by atoms with Gasteiger partial charge < -0.3 is 14.8 Å². The van der Waals surface area contributed by atoms with Gasteiger partial charge in [-0.2, -0.15) is 4.98 Å². The molecule has 2 N–H and O–H groups in total. The molecule has 1 heterocycles. The number of benzene rings is 1. The molecule has 0 saturated heterocycles.